The van der Waals surface area contributed by atoms with Crippen molar-refractivity contribution >= 4 is 17.6 Å². The topological polar surface area (TPSA) is 87.2 Å². The molecule has 2 aromatic heterocycles. The molecule has 0 bridgehead atoms. The molecule has 1 aromatic carbocycles. The number of rotatable bonds is 3. The first-order valence-electron chi connectivity index (χ1n) is 10.3. The van der Waals surface area contributed by atoms with Gasteiger partial charge >= 0.3 is 0 Å². The van der Waals surface area contributed by atoms with Gasteiger partial charge in [-0.3, -0.25) is 9.78 Å². The van der Waals surface area contributed by atoms with Gasteiger partial charge in [0.1, 0.15) is 0 Å². The molecule has 1 saturated heterocycles. The molecule has 2 aliphatic heterocycles. The Balaban J connectivity index is 1.52. The Hall–Kier alpha value is -3.26. The summed E-state index contributed by atoms with van der Waals surface area (Å²) >= 11 is 0. The average Bonchev–Trinajstić information content (AvgIpc) is 3.09. The van der Waals surface area contributed by atoms with Crippen LogP contribution in [0.1, 0.15) is 18.2 Å². The normalized spacial score (nSPS) is 18.5. The second kappa shape index (κ2) is 7.53. The van der Waals surface area contributed by atoms with Crippen LogP contribution in [0.5, 0.6) is 0 Å². The standard InChI is InChI=1S/C22H24N6O2/c1-14-11-16-5-3-4-6-19(16)28(14)22-25-18(12-20(29)26-22)17-13-23-21(24-15(17)2)27-7-9-30-10-8-27/h3-6,12-14H,7-11H2,1-2H3,(H,25,26,29)/t14-/m0/s1. The predicted octanol–water partition coefficient (Wildman–Crippen LogP) is 2.45. The number of benzene rings is 1. The lowest BCUT2D eigenvalue weighted by molar-refractivity contribution is 0.122. The second-order valence-electron chi connectivity index (χ2n) is 7.77. The molecule has 0 radical (unpaired) electrons. The number of aromatic nitrogens is 4. The lowest BCUT2D eigenvalue weighted by atomic mass is 10.1. The van der Waals surface area contributed by atoms with Crippen molar-refractivity contribution < 1.29 is 4.74 Å². The fourth-order valence-electron chi connectivity index (χ4n) is 4.21. The largest absolute Gasteiger partial charge is 0.378 e. The Kier molecular flexibility index (Phi) is 4.71. The van der Waals surface area contributed by atoms with Crippen LogP contribution in [0.25, 0.3) is 11.3 Å². The number of ether oxygens (including phenoxy) is 1. The number of hydrogen-bond donors (Lipinski definition) is 1. The number of H-pyrrole nitrogens is 1. The van der Waals surface area contributed by atoms with Gasteiger partial charge in [0.2, 0.25) is 11.9 Å². The van der Waals surface area contributed by atoms with E-state index in [9.17, 15) is 4.79 Å². The maximum Gasteiger partial charge on any atom is 0.252 e. The summed E-state index contributed by atoms with van der Waals surface area (Å²) < 4.78 is 5.40. The molecule has 154 valence electrons. The number of para-hydroxylation sites is 1. The van der Waals surface area contributed by atoms with E-state index >= 15 is 0 Å². The molecule has 0 amide bonds. The van der Waals surface area contributed by atoms with E-state index in [0.29, 0.717) is 30.8 Å². The third-order valence-electron chi connectivity index (χ3n) is 5.70. The molecule has 0 aliphatic carbocycles. The van der Waals surface area contributed by atoms with E-state index in [1.165, 1.54) is 11.6 Å². The third-order valence-corrected chi connectivity index (χ3v) is 5.70. The first-order chi connectivity index (χ1) is 14.6. The second-order valence-corrected chi connectivity index (χ2v) is 7.77. The minimum absolute atomic E-state index is 0.191. The number of morpholine rings is 1. The van der Waals surface area contributed by atoms with E-state index in [1.54, 1.807) is 6.20 Å². The fourth-order valence-corrected chi connectivity index (χ4v) is 4.21. The molecule has 1 N–H and O–H groups in total. The number of hydrogen-bond acceptors (Lipinski definition) is 7. The summed E-state index contributed by atoms with van der Waals surface area (Å²) in [6, 6.07) is 9.96. The minimum Gasteiger partial charge on any atom is -0.378 e. The molecule has 0 saturated carbocycles. The van der Waals surface area contributed by atoms with Gasteiger partial charge in [-0.25, -0.2) is 15.0 Å². The summed E-state index contributed by atoms with van der Waals surface area (Å²) in [5.74, 6) is 1.23. The van der Waals surface area contributed by atoms with Gasteiger partial charge in [0.15, 0.2) is 0 Å². The van der Waals surface area contributed by atoms with Crippen molar-refractivity contribution in [2.24, 2.45) is 0 Å². The van der Waals surface area contributed by atoms with E-state index in [-0.39, 0.29) is 11.6 Å². The summed E-state index contributed by atoms with van der Waals surface area (Å²) in [4.78, 5) is 33.6. The molecule has 8 heteroatoms. The van der Waals surface area contributed by atoms with Crippen LogP contribution in [0.2, 0.25) is 0 Å². The molecule has 1 atom stereocenters. The Morgan fingerprint density at radius 2 is 1.97 bits per heavy atom. The number of aromatic amines is 1. The van der Waals surface area contributed by atoms with E-state index in [1.807, 2.05) is 19.1 Å². The average molecular weight is 404 g/mol. The number of nitrogens with zero attached hydrogens (tertiary/aromatic N) is 5. The van der Waals surface area contributed by atoms with Gasteiger partial charge in [-0.2, -0.15) is 0 Å². The van der Waals surface area contributed by atoms with Crippen LogP contribution in [0, 0.1) is 6.92 Å². The van der Waals surface area contributed by atoms with Crippen molar-refractivity contribution in [3.63, 3.8) is 0 Å². The van der Waals surface area contributed by atoms with E-state index in [0.717, 1.165) is 36.5 Å². The molecule has 0 unspecified atom stereocenters. The molecule has 5 rings (SSSR count). The molecule has 4 heterocycles. The SMILES string of the molecule is Cc1nc(N2CCOCC2)ncc1-c1cc(=O)[nH]c(N2c3ccccc3C[C@@H]2C)n1. The van der Waals surface area contributed by atoms with Gasteiger partial charge in [0.05, 0.1) is 24.6 Å². The lowest BCUT2D eigenvalue weighted by Gasteiger charge is -2.27. The molecule has 3 aromatic rings. The highest BCUT2D eigenvalue weighted by Gasteiger charge is 2.29. The van der Waals surface area contributed by atoms with Gasteiger partial charge < -0.3 is 14.5 Å². The Labute approximate surface area is 174 Å². The third kappa shape index (κ3) is 3.33. The van der Waals surface area contributed by atoms with Crippen molar-refractivity contribution in [1.82, 2.24) is 19.9 Å². The maximum absolute atomic E-state index is 12.5. The number of aryl methyl sites for hydroxylation is 1. The predicted molar refractivity (Wildman–Crippen MR) is 115 cm³/mol. The van der Waals surface area contributed by atoms with Crippen LogP contribution in [0.15, 0.2) is 41.3 Å². The highest BCUT2D eigenvalue weighted by Crippen LogP contribution is 2.36. The van der Waals surface area contributed by atoms with Gasteiger partial charge in [0, 0.05) is 42.6 Å². The molecule has 8 nitrogen and oxygen atoms in total. The first-order valence-corrected chi connectivity index (χ1v) is 10.3. The smallest absolute Gasteiger partial charge is 0.252 e. The van der Waals surface area contributed by atoms with Crippen LogP contribution in [-0.4, -0.2) is 52.3 Å². The van der Waals surface area contributed by atoms with Crippen LogP contribution in [0.3, 0.4) is 0 Å². The maximum atomic E-state index is 12.5. The van der Waals surface area contributed by atoms with E-state index < -0.39 is 0 Å². The Morgan fingerprint density at radius 3 is 2.77 bits per heavy atom. The number of anilines is 3. The van der Waals surface area contributed by atoms with Crippen LogP contribution in [-0.2, 0) is 11.2 Å². The highest BCUT2D eigenvalue weighted by atomic mass is 16.5. The van der Waals surface area contributed by atoms with Gasteiger partial charge in [-0.05, 0) is 31.9 Å². The summed E-state index contributed by atoms with van der Waals surface area (Å²) in [5, 5.41) is 0. The molecule has 0 spiro atoms. The van der Waals surface area contributed by atoms with Gasteiger partial charge in [0.25, 0.3) is 5.56 Å². The van der Waals surface area contributed by atoms with Crippen LogP contribution >= 0.6 is 0 Å². The monoisotopic (exact) mass is 404 g/mol. The zero-order valence-electron chi connectivity index (χ0n) is 17.1. The van der Waals surface area contributed by atoms with Crippen molar-refractivity contribution in [1.29, 1.82) is 0 Å². The molecule has 30 heavy (non-hydrogen) atoms. The lowest BCUT2D eigenvalue weighted by Crippen LogP contribution is -2.37. The highest BCUT2D eigenvalue weighted by molar-refractivity contribution is 5.69. The number of nitrogens with one attached hydrogen (secondary N) is 1. The summed E-state index contributed by atoms with van der Waals surface area (Å²) in [5.41, 5.74) is 4.29. The number of fused-ring (bicyclic) bond motifs is 1. The summed E-state index contributed by atoms with van der Waals surface area (Å²) in [6.45, 7) is 6.98. The summed E-state index contributed by atoms with van der Waals surface area (Å²) in [6.07, 6.45) is 2.68. The van der Waals surface area contributed by atoms with Crippen molar-refractivity contribution in [3.05, 3.63) is 58.1 Å². The van der Waals surface area contributed by atoms with Gasteiger partial charge in [-0.15, -0.1) is 0 Å². The zero-order valence-corrected chi connectivity index (χ0v) is 17.1. The first kappa shape index (κ1) is 18.7. The fraction of sp³-hybridized carbons (Fsp3) is 0.364. The van der Waals surface area contributed by atoms with Crippen molar-refractivity contribution in [3.8, 4) is 11.3 Å². The van der Waals surface area contributed by atoms with Crippen LogP contribution < -0.4 is 15.4 Å². The van der Waals surface area contributed by atoms with E-state index in [2.05, 4.69) is 43.8 Å². The zero-order chi connectivity index (χ0) is 20.7. The molecular weight excluding hydrogens is 380 g/mol. The Morgan fingerprint density at radius 1 is 1.17 bits per heavy atom. The Bertz CT molecular complexity index is 1140. The van der Waals surface area contributed by atoms with Crippen LogP contribution in [0.4, 0.5) is 17.6 Å². The van der Waals surface area contributed by atoms with Crippen molar-refractivity contribution in [2.75, 3.05) is 36.1 Å². The van der Waals surface area contributed by atoms with Crippen molar-refractivity contribution in [2.45, 2.75) is 26.3 Å². The molecule has 1 fully saturated rings. The molecular formula is C22H24N6O2. The quantitative estimate of drug-likeness (QED) is 0.717. The molecule has 2 aliphatic rings. The minimum atomic E-state index is -0.191. The van der Waals surface area contributed by atoms with Gasteiger partial charge in [-0.1, -0.05) is 18.2 Å². The summed E-state index contributed by atoms with van der Waals surface area (Å²) in [7, 11) is 0. The van der Waals surface area contributed by atoms with E-state index in [4.69, 9.17) is 9.72 Å².